The normalized spacial score (nSPS) is 10.5. The lowest BCUT2D eigenvalue weighted by molar-refractivity contribution is -0.121. The van der Waals surface area contributed by atoms with Gasteiger partial charge in [-0.3, -0.25) is 5.21 Å². The maximum atomic E-state index is 10.5. The summed E-state index contributed by atoms with van der Waals surface area (Å²) in [7, 11) is 0. The Morgan fingerprint density at radius 1 is 1.09 bits per heavy atom. The number of amides is 2. The molecule has 0 unspecified atom stereocenters. The van der Waals surface area contributed by atoms with Crippen molar-refractivity contribution in [3.8, 4) is 5.75 Å². The molecule has 116 valence electrons. The summed E-state index contributed by atoms with van der Waals surface area (Å²) in [5, 5.41) is 10.0. The number of primary amides is 1. The highest BCUT2D eigenvalue weighted by atomic mass is 16.5. The molecule has 6 heteroatoms. The first-order chi connectivity index (χ1) is 10.6. The van der Waals surface area contributed by atoms with E-state index in [1.807, 2.05) is 54.6 Å². The van der Waals surface area contributed by atoms with E-state index >= 15 is 0 Å². The molecule has 0 bridgehead atoms. The molecule has 6 nitrogen and oxygen atoms in total. The number of hydroxylamine groups is 1. The third-order valence-corrected chi connectivity index (χ3v) is 3.02. The summed E-state index contributed by atoms with van der Waals surface area (Å²) in [6.45, 7) is 0.764. The average Bonchev–Trinajstić information content (AvgIpc) is 2.52. The van der Waals surface area contributed by atoms with E-state index in [0.717, 1.165) is 16.9 Å². The molecule has 2 aromatic carbocycles. The molecule has 0 atom stereocenters. The number of rotatable bonds is 7. The van der Waals surface area contributed by atoms with Crippen molar-refractivity contribution >= 4 is 6.03 Å². The molecule has 0 heterocycles. The lowest BCUT2D eigenvalue weighted by Gasteiger charge is -2.14. The van der Waals surface area contributed by atoms with E-state index in [-0.39, 0.29) is 6.54 Å². The van der Waals surface area contributed by atoms with Crippen LogP contribution < -0.4 is 15.9 Å². The molecular formula is C16H19N3O3. The molecule has 2 amide bonds. The van der Waals surface area contributed by atoms with E-state index in [9.17, 15) is 10.0 Å². The van der Waals surface area contributed by atoms with Crippen molar-refractivity contribution in [2.24, 2.45) is 5.73 Å². The molecule has 22 heavy (non-hydrogen) atoms. The van der Waals surface area contributed by atoms with Crippen molar-refractivity contribution in [2.75, 3.05) is 6.54 Å². The zero-order valence-corrected chi connectivity index (χ0v) is 12.1. The second-order valence-electron chi connectivity index (χ2n) is 4.77. The predicted molar refractivity (Wildman–Crippen MR) is 82.1 cm³/mol. The van der Waals surface area contributed by atoms with Gasteiger partial charge in [-0.15, -0.1) is 5.17 Å². The lowest BCUT2D eigenvalue weighted by Crippen LogP contribution is -2.43. The minimum atomic E-state index is -0.799. The van der Waals surface area contributed by atoms with Crippen LogP contribution in [0, 0.1) is 0 Å². The number of hydrogen-bond donors (Lipinski definition) is 3. The summed E-state index contributed by atoms with van der Waals surface area (Å²) in [6.07, 6.45) is 0.565. The van der Waals surface area contributed by atoms with Crippen LogP contribution >= 0.6 is 0 Å². The van der Waals surface area contributed by atoms with E-state index in [1.54, 1.807) is 0 Å². The van der Waals surface area contributed by atoms with Crippen LogP contribution in [0.2, 0.25) is 0 Å². The van der Waals surface area contributed by atoms with Crippen LogP contribution in [0.5, 0.6) is 5.75 Å². The Labute approximate surface area is 129 Å². The van der Waals surface area contributed by atoms with Crippen molar-refractivity contribution in [3.63, 3.8) is 0 Å². The van der Waals surface area contributed by atoms with Gasteiger partial charge >= 0.3 is 6.03 Å². The van der Waals surface area contributed by atoms with Crippen LogP contribution in [0.25, 0.3) is 0 Å². The smallest absolute Gasteiger partial charge is 0.328 e. The molecule has 4 N–H and O–H groups in total. The number of hydrogen-bond acceptors (Lipinski definition) is 4. The first-order valence-corrected chi connectivity index (χ1v) is 6.91. The van der Waals surface area contributed by atoms with Crippen molar-refractivity contribution < 1.29 is 14.7 Å². The maximum absolute atomic E-state index is 10.5. The summed E-state index contributed by atoms with van der Waals surface area (Å²) in [6, 6.07) is 16.7. The van der Waals surface area contributed by atoms with Crippen LogP contribution in [0.3, 0.4) is 0 Å². The number of carbonyl (C=O) groups excluding carboxylic acids is 1. The predicted octanol–water partition coefficient (Wildman–Crippen LogP) is 2.08. The van der Waals surface area contributed by atoms with Gasteiger partial charge in [0.1, 0.15) is 12.4 Å². The van der Waals surface area contributed by atoms with E-state index in [2.05, 4.69) is 5.43 Å². The number of nitrogens with two attached hydrogens (primary N) is 1. The zero-order valence-electron chi connectivity index (χ0n) is 12.1. The average molecular weight is 301 g/mol. The van der Waals surface area contributed by atoms with Crippen LogP contribution in [0.15, 0.2) is 54.6 Å². The van der Waals surface area contributed by atoms with Gasteiger partial charge in [-0.05, 0) is 29.7 Å². The monoisotopic (exact) mass is 301 g/mol. The molecule has 2 rings (SSSR count). The first-order valence-electron chi connectivity index (χ1n) is 6.91. The van der Waals surface area contributed by atoms with E-state index < -0.39 is 6.03 Å². The summed E-state index contributed by atoms with van der Waals surface area (Å²) in [5.74, 6) is 0.781. The fourth-order valence-electron chi connectivity index (χ4n) is 1.91. The van der Waals surface area contributed by atoms with Gasteiger partial charge in [0.2, 0.25) is 0 Å². The number of ether oxygens (including phenoxy) is 1. The van der Waals surface area contributed by atoms with Gasteiger partial charge in [-0.25, -0.2) is 10.2 Å². The molecule has 0 aliphatic heterocycles. The second-order valence-corrected chi connectivity index (χ2v) is 4.77. The van der Waals surface area contributed by atoms with Crippen LogP contribution in [-0.2, 0) is 13.0 Å². The molecular weight excluding hydrogens is 282 g/mol. The summed E-state index contributed by atoms with van der Waals surface area (Å²) >= 11 is 0. The Bertz CT molecular complexity index is 587. The van der Waals surface area contributed by atoms with E-state index in [4.69, 9.17) is 10.5 Å². The summed E-state index contributed by atoms with van der Waals surface area (Å²) in [5.41, 5.74) is 9.08. The second kappa shape index (κ2) is 8.02. The molecule has 0 saturated carbocycles. The summed E-state index contributed by atoms with van der Waals surface area (Å²) in [4.78, 5) is 10.5. The number of urea groups is 1. The topological polar surface area (TPSA) is 87.8 Å². The van der Waals surface area contributed by atoms with Gasteiger partial charge in [-0.1, -0.05) is 42.5 Å². The molecule has 0 spiro atoms. The van der Waals surface area contributed by atoms with Crippen molar-refractivity contribution in [2.45, 2.75) is 13.0 Å². The minimum absolute atomic E-state index is 0.243. The number of benzene rings is 2. The van der Waals surface area contributed by atoms with Gasteiger partial charge < -0.3 is 10.5 Å². The highest BCUT2D eigenvalue weighted by Gasteiger charge is 2.03. The van der Waals surface area contributed by atoms with Gasteiger partial charge in [-0.2, -0.15) is 0 Å². The fourth-order valence-corrected chi connectivity index (χ4v) is 1.91. The molecule has 0 saturated heterocycles. The Balaban J connectivity index is 1.79. The van der Waals surface area contributed by atoms with Crippen LogP contribution in [0.1, 0.15) is 11.1 Å². The largest absolute Gasteiger partial charge is 0.489 e. The number of nitrogens with one attached hydrogen (secondary N) is 1. The zero-order chi connectivity index (χ0) is 15.8. The third-order valence-electron chi connectivity index (χ3n) is 3.02. The molecule has 0 radical (unpaired) electrons. The van der Waals surface area contributed by atoms with Crippen LogP contribution in [0.4, 0.5) is 4.79 Å². The molecule has 0 fully saturated rings. The minimum Gasteiger partial charge on any atom is -0.489 e. The quantitative estimate of drug-likeness (QED) is 0.683. The van der Waals surface area contributed by atoms with Crippen LogP contribution in [-0.4, -0.2) is 23.0 Å². The highest BCUT2D eigenvalue weighted by molar-refractivity contribution is 5.70. The van der Waals surface area contributed by atoms with Gasteiger partial charge in [0.05, 0.1) is 0 Å². The molecule has 0 aromatic heterocycles. The Morgan fingerprint density at radius 3 is 2.41 bits per heavy atom. The van der Waals surface area contributed by atoms with Gasteiger partial charge in [0.15, 0.2) is 0 Å². The summed E-state index contributed by atoms with van der Waals surface area (Å²) < 4.78 is 5.69. The number of carbonyl (C=O) groups is 1. The van der Waals surface area contributed by atoms with Crippen molar-refractivity contribution in [3.05, 3.63) is 65.7 Å². The number of hydrazine groups is 1. The lowest BCUT2D eigenvalue weighted by atomic mass is 10.1. The van der Waals surface area contributed by atoms with Gasteiger partial charge in [0.25, 0.3) is 0 Å². The van der Waals surface area contributed by atoms with E-state index in [0.29, 0.717) is 18.2 Å². The Hall–Kier alpha value is -2.57. The molecule has 2 aromatic rings. The third kappa shape index (κ3) is 5.43. The van der Waals surface area contributed by atoms with E-state index in [1.165, 1.54) is 0 Å². The molecule has 0 aliphatic carbocycles. The van der Waals surface area contributed by atoms with Crippen molar-refractivity contribution in [1.29, 1.82) is 0 Å². The SMILES string of the molecule is NC(=O)NN(O)CCc1ccc(OCc2ccccc2)cc1. The Morgan fingerprint density at radius 2 is 1.77 bits per heavy atom. The highest BCUT2D eigenvalue weighted by Crippen LogP contribution is 2.14. The van der Waals surface area contributed by atoms with Gasteiger partial charge in [0, 0.05) is 6.54 Å². The first kappa shape index (κ1) is 15.8. The number of nitrogens with zero attached hydrogens (tertiary/aromatic N) is 1. The molecule has 0 aliphatic rings. The maximum Gasteiger partial charge on any atom is 0.328 e. The fraction of sp³-hybridized carbons (Fsp3) is 0.188. The Kier molecular flexibility index (Phi) is 5.76. The standard InChI is InChI=1S/C16H19N3O3/c17-16(20)18-19(21)11-10-13-6-8-15(9-7-13)22-12-14-4-2-1-3-5-14/h1-9,21H,10-12H2,(H3,17,18,20). The van der Waals surface area contributed by atoms with Crippen molar-refractivity contribution in [1.82, 2.24) is 10.6 Å².